The number of anilines is 1. The molecule has 1 aliphatic carbocycles. The number of alkyl halides is 3. The third-order valence-electron chi connectivity index (χ3n) is 7.85. The van der Waals surface area contributed by atoms with Gasteiger partial charge in [-0.05, 0) is 69.7 Å². The number of fused-ring (bicyclic) bond motifs is 2. The molecule has 2 aromatic heterocycles. The molecule has 0 amide bonds. The molecule has 3 aliphatic rings. The van der Waals surface area contributed by atoms with Crippen molar-refractivity contribution in [3.63, 3.8) is 0 Å². The number of benzene rings is 1. The number of aromatic nitrogens is 2. The second-order valence-electron chi connectivity index (χ2n) is 10.5. The van der Waals surface area contributed by atoms with Crippen molar-refractivity contribution in [2.24, 2.45) is 0 Å². The molecule has 4 heterocycles. The SMILES string of the molecule is Cc1nc(N2C3CC[C@H]2CC(OCc2c(-c4ccccc4OC(F)(F)F)noc2C2CC2)C3)ccc1C(=O)O. The Morgan fingerprint density at radius 1 is 1.10 bits per heavy atom. The van der Waals surface area contributed by atoms with Crippen LogP contribution in [0.2, 0.25) is 0 Å². The van der Waals surface area contributed by atoms with E-state index < -0.39 is 12.3 Å². The van der Waals surface area contributed by atoms with Gasteiger partial charge in [-0.2, -0.15) is 0 Å². The Morgan fingerprint density at radius 2 is 1.82 bits per heavy atom. The van der Waals surface area contributed by atoms with Gasteiger partial charge in [-0.3, -0.25) is 0 Å². The number of aromatic carboxylic acids is 1. The Morgan fingerprint density at radius 3 is 2.46 bits per heavy atom. The predicted octanol–water partition coefficient (Wildman–Crippen LogP) is 6.24. The predicted molar refractivity (Wildman–Crippen MR) is 134 cm³/mol. The van der Waals surface area contributed by atoms with Crippen LogP contribution in [-0.2, 0) is 11.3 Å². The van der Waals surface area contributed by atoms with E-state index in [0.29, 0.717) is 22.7 Å². The molecule has 3 fully saturated rings. The zero-order valence-electron chi connectivity index (χ0n) is 21.3. The lowest BCUT2D eigenvalue weighted by Gasteiger charge is -2.39. The summed E-state index contributed by atoms with van der Waals surface area (Å²) in [5.74, 6) is 0.326. The molecule has 206 valence electrons. The van der Waals surface area contributed by atoms with Crippen molar-refractivity contribution >= 4 is 11.8 Å². The molecule has 11 heteroatoms. The average Bonchev–Trinajstić information content (AvgIpc) is 3.58. The zero-order chi connectivity index (χ0) is 27.3. The number of carboxylic acid groups (broad SMARTS) is 1. The third kappa shape index (κ3) is 5.19. The van der Waals surface area contributed by atoms with Gasteiger partial charge < -0.3 is 24.0 Å². The number of nitrogens with zero attached hydrogens (tertiary/aromatic N) is 3. The molecule has 0 radical (unpaired) electrons. The Kier molecular flexibility index (Phi) is 6.49. The highest BCUT2D eigenvalue weighted by Crippen LogP contribution is 2.46. The highest BCUT2D eigenvalue weighted by molar-refractivity contribution is 5.89. The van der Waals surface area contributed by atoms with E-state index in [1.165, 1.54) is 12.1 Å². The lowest BCUT2D eigenvalue weighted by atomic mass is 9.99. The highest BCUT2D eigenvalue weighted by Gasteiger charge is 2.42. The number of pyridine rings is 1. The molecule has 8 nitrogen and oxygen atoms in total. The van der Waals surface area contributed by atoms with Crippen molar-refractivity contribution in [1.29, 1.82) is 0 Å². The summed E-state index contributed by atoms with van der Waals surface area (Å²) in [5, 5.41) is 13.5. The van der Waals surface area contributed by atoms with Gasteiger partial charge in [0.15, 0.2) is 0 Å². The summed E-state index contributed by atoms with van der Waals surface area (Å²) in [6, 6.07) is 9.74. The molecule has 2 aliphatic heterocycles. The fraction of sp³-hybridized carbons (Fsp3) is 0.464. The Labute approximate surface area is 222 Å². The summed E-state index contributed by atoms with van der Waals surface area (Å²) in [4.78, 5) is 18.2. The average molecular weight is 544 g/mol. The first-order chi connectivity index (χ1) is 18.7. The summed E-state index contributed by atoms with van der Waals surface area (Å²) < 4.78 is 55.5. The monoisotopic (exact) mass is 543 g/mol. The number of hydrogen-bond acceptors (Lipinski definition) is 7. The number of para-hydroxylation sites is 1. The van der Waals surface area contributed by atoms with Crippen LogP contribution in [0.1, 0.15) is 71.8 Å². The number of hydrogen-bond donors (Lipinski definition) is 1. The van der Waals surface area contributed by atoms with Crippen molar-refractivity contribution in [2.45, 2.75) is 82.5 Å². The summed E-state index contributed by atoms with van der Waals surface area (Å²) in [5.41, 5.74) is 1.88. The van der Waals surface area contributed by atoms with Crippen LogP contribution in [-0.4, -0.2) is 45.8 Å². The van der Waals surface area contributed by atoms with Crippen molar-refractivity contribution in [3.8, 4) is 17.0 Å². The van der Waals surface area contributed by atoms with Crippen molar-refractivity contribution in [3.05, 3.63) is 59.0 Å². The van der Waals surface area contributed by atoms with E-state index in [4.69, 9.17) is 9.26 Å². The summed E-state index contributed by atoms with van der Waals surface area (Å²) >= 11 is 0. The maximum atomic E-state index is 13.1. The minimum atomic E-state index is -4.83. The molecule has 1 N–H and O–H groups in total. The molecule has 3 atom stereocenters. The lowest BCUT2D eigenvalue weighted by Crippen LogP contribution is -2.46. The molecule has 0 spiro atoms. The molecule has 1 aromatic carbocycles. The number of piperidine rings is 1. The Bertz CT molecular complexity index is 1370. The topological polar surface area (TPSA) is 97.9 Å². The van der Waals surface area contributed by atoms with Gasteiger partial charge in [0.05, 0.1) is 24.0 Å². The van der Waals surface area contributed by atoms with E-state index in [1.54, 1.807) is 31.2 Å². The normalized spacial score (nSPS) is 22.8. The number of halogens is 3. The van der Waals surface area contributed by atoms with Gasteiger partial charge in [-0.15, -0.1) is 13.2 Å². The zero-order valence-corrected chi connectivity index (χ0v) is 21.3. The minimum Gasteiger partial charge on any atom is -0.478 e. The van der Waals surface area contributed by atoms with Gasteiger partial charge in [0.1, 0.15) is 23.0 Å². The van der Waals surface area contributed by atoms with E-state index in [9.17, 15) is 23.1 Å². The van der Waals surface area contributed by atoms with Gasteiger partial charge in [0.25, 0.3) is 0 Å². The number of carbonyl (C=O) groups is 1. The van der Waals surface area contributed by atoms with Crippen LogP contribution in [0.25, 0.3) is 11.3 Å². The van der Waals surface area contributed by atoms with Gasteiger partial charge in [0, 0.05) is 29.1 Å². The van der Waals surface area contributed by atoms with Crippen molar-refractivity contribution in [2.75, 3.05) is 4.90 Å². The smallest absolute Gasteiger partial charge is 0.478 e. The largest absolute Gasteiger partial charge is 0.573 e. The summed E-state index contributed by atoms with van der Waals surface area (Å²) in [6.07, 6.45) is 0.519. The standard InChI is InChI=1S/C28H28F3N3O5/c1-15-20(27(35)36)10-11-24(32-15)34-17-8-9-18(34)13-19(12-17)37-14-22-25(33-39-26(22)16-6-7-16)21-4-2-3-5-23(21)38-28(29,30)31/h2-5,10-11,16-19H,6-9,12-14H2,1H3,(H,35,36)/t17-,18?,19?/m0/s1. The van der Waals surface area contributed by atoms with Crippen LogP contribution in [0.5, 0.6) is 5.75 Å². The van der Waals surface area contributed by atoms with E-state index in [2.05, 4.69) is 19.8 Å². The summed E-state index contributed by atoms with van der Waals surface area (Å²) in [6.45, 7) is 1.89. The molecular weight excluding hydrogens is 515 g/mol. The van der Waals surface area contributed by atoms with Crippen LogP contribution in [0.15, 0.2) is 40.9 Å². The van der Waals surface area contributed by atoms with Gasteiger partial charge in [-0.1, -0.05) is 17.3 Å². The molecule has 1 saturated carbocycles. The van der Waals surface area contributed by atoms with Gasteiger partial charge in [-0.25, -0.2) is 9.78 Å². The van der Waals surface area contributed by atoms with Crippen molar-refractivity contribution in [1.82, 2.24) is 10.1 Å². The number of ether oxygens (including phenoxy) is 2. The van der Waals surface area contributed by atoms with Crippen molar-refractivity contribution < 1.29 is 37.1 Å². The van der Waals surface area contributed by atoms with Crippen LogP contribution >= 0.6 is 0 Å². The molecule has 2 saturated heterocycles. The third-order valence-corrected chi connectivity index (χ3v) is 7.85. The first-order valence-corrected chi connectivity index (χ1v) is 13.1. The van der Waals surface area contributed by atoms with Crippen LogP contribution in [0, 0.1) is 6.92 Å². The fourth-order valence-electron chi connectivity index (χ4n) is 5.97. The maximum Gasteiger partial charge on any atom is 0.573 e. The Balaban J connectivity index is 1.20. The fourth-order valence-corrected chi connectivity index (χ4v) is 5.97. The second-order valence-corrected chi connectivity index (χ2v) is 10.5. The molecule has 2 bridgehead atoms. The lowest BCUT2D eigenvalue weighted by molar-refractivity contribution is -0.274. The molecule has 3 aromatic rings. The van der Waals surface area contributed by atoms with Gasteiger partial charge >= 0.3 is 12.3 Å². The van der Waals surface area contributed by atoms with Crippen LogP contribution in [0.3, 0.4) is 0 Å². The molecule has 6 rings (SSSR count). The Hall–Kier alpha value is -3.60. The first kappa shape index (κ1) is 25.7. The quantitative estimate of drug-likeness (QED) is 0.357. The van der Waals surface area contributed by atoms with Crippen LogP contribution < -0.4 is 9.64 Å². The van der Waals surface area contributed by atoms with Gasteiger partial charge in [0.2, 0.25) is 0 Å². The van der Waals surface area contributed by atoms with E-state index in [-0.39, 0.29) is 47.6 Å². The van der Waals surface area contributed by atoms with E-state index >= 15 is 0 Å². The summed E-state index contributed by atoms with van der Waals surface area (Å²) in [7, 11) is 0. The number of rotatable bonds is 8. The molecule has 39 heavy (non-hydrogen) atoms. The number of aryl methyl sites for hydroxylation is 1. The second kappa shape index (κ2) is 9.86. The maximum absolute atomic E-state index is 13.1. The minimum absolute atomic E-state index is 0.0467. The van der Waals surface area contributed by atoms with E-state index in [1.807, 2.05) is 0 Å². The number of carboxylic acids is 1. The first-order valence-electron chi connectivity index (χ1n) is 13.1. The van der Waals surface area contributed by atoms with Crippen LogP contribution in [0.4, 0.5) is 19.0 Å². The molecular formula is C28H28F3N3O5. The van der Waals surface area contributed by atoms with E-state index in [0.717, 1.165) is 44.3 Å². The molecule has 2 unspecified atom stereocenters. The highest BCUT2D eigenvalue weighted by atomic mass is 19.4.